The van der Waals surface area contributed by atoms with Crippen molar-refractivity contribution in [2.45, 2.75) is 27.1 Å². The van der Waals surface area contributed by atoms with Gasteiger partial charge in [-0.3, -0.25) is 4.79 Å². The first kappa shape index (κ1) is 28.3. The second kappa shape index (κ2) is 13.9. The maximum atomic E-state index is 12.8. The lowest BCUT2D eigenvalue weighted by atomic mass is 10.1. The van der Waals surface area contributed by atoms with E-state index in [-0.39, 0.29) is 5.57 Å². The average Bonchev–Trinajstić information content (AvgIpc) is 2.96. The van der Waals surface area contributed by atoms with Crippen molar-refractivity contribution in [3.8, 4) is 23.3 Å². The molecule has 0 unspecified atom stereocenters. The van der Waals surface area contributed by atoms with E-state index in [2.05, 4.69) is 11.4 Å². The number of amides is 1. The van der Waals surface area contributed by atoms with Gasteiger partial charge in [-0.05, 0) is 85.1 Å². The van der Waals surface area contributed by atoms with Crippen molar-refractivity contribution in [2.24, 2.45) is 0 Å². The number of carbonyl (C=O) groups is 1. The van der Waals surface area contributed by atoms with Crippen molar-refractivity contribution in [3.05, 3.63) is 124 Å². The van der Waals surface area contributed by atoms with E-state index in [1.54, 1.807) is 42.5 Å². The molecular weight excluding hydrogens is 524 g/mol. The van der Waals surface area contributed by atoms with Gasteiger partial charge < -0.3 is 19.5 Å². The second-order valence-electron chi connectivity index (χ2n) is 8.98. The van der Waals surface area contributed by atoms with Gasteiger partial charge in [0.05, 0.1) is 6.61 Å². The summed E-state index contributed by atoms with van der Waals surface area (Å²) in [6.07, 6.45) is 1.52. The van der Waals surface area contributed by atoms with Gasteiger partial charge in [0.1, 0.15) is 30.6 Å². The first-order valence-corrected chi connectivity index (χ1v) is 13.2. The first-order valence-electron chi connectivity index (χ1n) is 12.8. The number of nitrogens with one attached hydrogen (secondary N) is 1. The summed E-state index contributed by atoms with van der Waals surface area (Å²) in [4.78, 5) is 12.8. The summed E-state index contributed by atoms with van der Waals surface area (Å²) >= 11 is 5.92. The summed E-state index contributed by atoms with van der Waals surface area (Å²) in [6.45, 7) is 5.15. The van der Waals surface area contributed by atoms with Gasteiger partial charge in [-0.25, -0.2) is 0 Å². The molecule has 0 spiro atoms. The lowest BCUT2D eigenvalue weighted by Gasteiger charge is -2.13. The number of halogens is 1. The third kappa shape index (κ3) is 8.13. The Bertz CT molecular complexity index is 1520. The first-order chi connectivity index (χ1) is 19.4. The van der Waals surface area contributed by atoms with Gasteiger partial charge >= 0.3 is 0 Å². The molecule has 0 aliphatic rings. The van der Waals surface area contributed by atoms with Crippen LogP contribution in [0.4, 0.5) is 5.69 Å². The van der Waals surface area contributed by atoms with E-state index >= 15 is 0 Å². The van der Waals surface area contributed by atoms with Gasteiger partial charge in [-0.2, -0.15) is 5.26 Å². The largest absolute Gasteiger partial charge is 0.490 e. The zero-order valence-electron chi connectivity index (χ0n) is 22.3. The molecule has 0 aliphatic heterocycles. The molecule has 1 amide bonds. The van der Waals surface area contributed by atoms with E-state index in [1.807, 2.05) is 62.4 Å². The van der Waals surface area contributed by atoms with Crippen LogP contribution in [0, 0.1) is 18.3 Å². The lowest BCUT2D eigenvalue weighted by Crippen LogP contribution is -2.13. The van der Waals surface area contributed by atoms with Crippen LogP contribution in [-0.4, -0.2) is 12.5 Å². The van der Waals surface area contributed by atoms with Crippen molar-refractivity contribution >= 4 is 29.3 Å². The highest BCUT2D eigenvalue weighted by Crippen LogP contribution is 2.30. The molecule has 202 valence electrons. The molecule has 0 bridgehead atoms. The van der Waals surface area contributed by atoms with Crippen LogP contribution in [0.5, 0.6) is 17.2 Å². The highest BCUT2D eigenvalue weighted by atomic mass is 35.5. The van der Waals surface area contributed by atoms with E-state index in [0.29, 0.717) is 53.3 Å². The molecule has 0 heterocycles. The summed E-state index contributed by atoms with van der Waals surface area (Å²) < 4.78 is 17.6. The number of benzene rings is 4. The SMILES string of the molecule is CCOc1cc(/C=C(\C#N)C(=O)Nc2ccc(OCc3ccc(Cl)cc3)cc2)ccc1OCc1cccc(C)c1. The second-order valence-corrected chi connectivity index (χ2v) is 9.42. The molecule has 0 fully saturated rings. The van der Waals surface area contributed by atoms with Crippen LogP contribution >= 0.6 is 11.6 Å². The van der Waals surface area contributed by atoms with Crippen LogP contribution in [0.25, 0.3) is 6.08 Å². The molecule has 0 saturated heterocycles. The van der Waals surface area contributed by atoms with Crippen LogP contribution in [0.2, 0.25) is 5.02 Å². The standard InChI is InChI=1S/C33H29ClN2O4/c1-3-38-32-19-25(9-16-31(32)40-22-26-6-4-5-23(2)17-26)18-27(20-35)33(37)36-29-12-14-30(15-13-29)39-21-24-7-10-28(34)11-8-24/h4-19H,3,21-22H2,1-2H3,(H,36,37)/b27-18+. The summed E-state index contributed by atoms with van der Waals surface area (Å²) in [5.41, 5.74) is 4.34. The number of nitriles is 1. The highest BCUT2D eigenvalue weighted by molar-refractivity contribution is 6.30. The number of ether oxygens (including phenoxy) is 3. The van der Waals surface area contributed by atoms with E-state index in [1.165, 1.54) is 6.08 Å². The molecule has 0 aromatic heterocycles. The molecule has 6 nitrogen and oxygen atoms in total. The fourth-order valence-electron chi connectivity index (χ4n) is 3.86. The maximum absolute atomic E-state index is 12.8. The molecule has 0 radical (unpaired) electrons. The van der Waals surface area contributed by atoms with E-state index in [4.69, 9.17) is 25.8 Å². The van der Waals surface area contributed by atoms with Gasteiger partial charge in [0.25, 0.3) is 5.91 Å². The smallest absolute Gasteiger partial charge is 0.266 e. The zero-order valence-corrected chi connectivity index (χ0v) is 23.1. The molecule has 40 heavy (non-hydrogen) atoms. The Morgan fingerprint density at radius 3 is 2.33 bits per heavy atom. The molecule has 0 aliphatic carbocycles. The van der Waals surface area contributed by atoms with Crippen molar-refractivity contribution in [3.63, 3.8) is 0 Å². The quantitative estimate of drug-likeness (QED) is 0.152. The van der Waals surface area contributed by atoms with Gasteiger partial charge in [0.2, 0.25) is 0 Å². The summed E-state index contributed by atoms with van der Waals surface area (Å²) in [7, 11) is 0. The normalized spacial score (nSPS) is 10.9. The van der Waals surface area contributed by atoms with E-state index in [9.17, 15) is 10.1 Å². The van der Waals surface area contributed by atoms with Crippen LogP contribution in [0.15, 0.2) is 96.6 Å². The fraction of sp³-hybridized carbons (Fsp3) is 0.152. The number of anilines is 1. The average molecular weight is 553 g/mol. The molecule has 4 rings (SSSR count). The number of hydrogen-bond donors (Lipinski definition) is 1. The summed E-state index contributed by atoms with van der Waals surface area (Å²) in [6, 6.07) is 29.8. The number of hydrogen-bond acceptors (Lipinski definition) is 5. The van der Waals surface area contributed by atoms with Crippen LogP contribution in [0.3, 0.4) is 0 Å². The minimum Gasteiger partial charge on any atom is -0.490 e. The van der Waals surface area contributed by atoms with Crippen molar-refractivity contribution < 1.29 is 19.0 Å². The van der Waals surface area contributed by atoms with Gasteiger partial charge in [0, 0.05) is 10.7 Å². The Morgan fingerprint density at radius 2 is 1.62 bits per heavy atom. The van der Waals surface area contributed by atoms with Crippen molar-refractivity contribution in [1.82, 2.24) is 0 Å². The number of nitrogens with zero attached hydrogens (tertiary/aromatic N) is 1. The fourth-order valence-corrected chi connectivity index (χ4v) is 3.99. The van der Waals surface area contributed by atoms with Gasteiger partial charge in [-0.1, -0.05) is 59.6 Å². The van der Waals surface area contributed by atoms with Crippen molar-refractivity contribution in [2.75, 3.05) is 11.9 Å². The van der Waals surface area contributed by atoms with Gasteiger partial charge in [-0.15, -0.1) is 0 Å². The molecule has 1 N–H and O–H groups in total. The lowest BCUT2D eigenvalue weighted by molar-refractivity contribution is -0.112. The zero-order chi connectivity index (χ0) is 28.3. The predicted molar refractivity (Wildman–Crippen MR) is 158 cm³/mol. The highest BCUT2D eigenvalue weighted by Gasteiger charge is 2.12. The summed E-state index contributed by atoms with van der Waals surface area (Å²) in [5.74, 6) is 1.25. The molecule has 7 heteroatoms. The topological polar surface area (TPSA) is 80.6 Å². The molecule has 0 saturated carbocycles. The predicted octanol–water partition coefficient (Wildman–Crippen LogP) is 7.75. The van der Waals surface area contributed by atoms with E-state index in [0.717, 1.165) is 16.7 Å². The third-order valence-corrected chi connectivity index (χ3v) is 6.10. The maximum Gasteiger partial charge on any atom is 0.266 e. The number of rotatable bonds is 11. The molecule has 0 atom stereocenters. The van der Waals surface area contributed by atoms with Gasteiger partial charge in [0.15, 0.2) is 11.5 Å². The minimum absolute atomic E-state index is 0.0426. The Labute approximate surface area is 239 Å². The van der Waals surface area contributed by atoms with Crippen LogP contribution in [-0.2, 0) is 18.0 Å². The Morgan fingerprint density at radius 1 is 0.875 bits per heavy atom. The molecule has 4 aromatic carbocycles. The Hall–Kier alpha value is -4.73. The number of carbonyl (C=O) groups excluding carboxylic acids is 1. The Kier molecular flexibility index (Phi) is 9.82. The molecular formula is C33H29ClN2O4. The van der Waals surface area contributed by atoms with Crippen molar-refractivity contribution in [1.29, 1.82) is 5.26 Å². The van der Waals surface area contributed by atoms with E-state index < -0.39 is 5.91 Å². The summed E-state index contributed by atoms with van der Waals surface area (Å²) in [5, 5.41) is 13.1. The van der Waals surface area contributed by atoms with Crippen LogP contribution < -0.4 is 19.5 Å². The third-order valence-electron chi connectivity index (χ3n) is 5.85. The van der Waals surface area contributed by atoms with Crippen LogP contribution in [0.1, 0.15) is 29.2 Å². The number of aryl methyl sites for hydroxylation is 1. The molecule has 4 aromatic rings. The minimum atomic E-state index is -0.518. The Balaban J connectivity index is 1.39. The monoisotopic (exact) mass is 552 g/mol.